The molecule has 0 saturated heterocycles. The number of hydrazine groups is 1. The Morgan fingerprint density at radius 3 is 2.95 bits per heavy atom. The number of carbonyl (C=O) groups is 1. The van der Waals surface area contributed by atoms with Gasteiger partial charge in [0.15, 0.2) is 0 Å². The second kappa shape index (κ2) is 5.49. The number of hydrogen-bond donors (Lipinski definition) is 3. The molecular weight excluding hydrogens is 244 g/mol. The van der Waals surface area contributed by atoms with E-state index < -0.39 is 0 Å². The number of carbonyl (C=O) groups excluding carboxylic acids is 1. The number of hydrogen-bond acceptors (Lipinski definition) is 5. The first-order valence-electron chi connectivity index (χ1n) is 5.78. The molecule has 0 saturated carbocycles. The van der Waals surface area contributed by atoms with E-state index in [-0.39, 0.29) is 5.91 Å². The maximum absolute atomic E-state index is 12.3. The van der Waals surface area contributed by atoms with Crippen LogP contribution in [-0.4, -0.2) is 33.0 Å². The number of aryl methyl sites for hydroxylation is 1. The monoisotopic (exact) mass is 260 g/mol. The standard InChI is InChI=1S/C12H16N6O/c1-8-3-10(4-11(16-8)17-13)12(19)18(2)7-9-5-14-15-6-9/h3-6H,7,13H2,1-2H3,(H,14,15)(H,16,17). The number of rotatable bonds is 4. The number of aromatic amines is 1. The first-order valence-corrected chi connectivity index (χ1v) is 5.78. The molecule has 0 atom stereocenters. The summed E-state index contributed by atoms with van der Waals surface area (Å²) >= 11 is 0. The first-order chi connectivity index (χ1) is 9.10. The lowest BCUT2D eigenvalue weighted by atomic mass is 10.2. The van der Waals surface area contributed by atoms with Crippen LogP contribution in [0, 0.1) is 6.92 Å². The van der Waals surface area contributed by atoms with Crippen molar-refractivity contribution in [2.24, 2.45) is 5.84 Å². The Bertz CT molecular complexity index is 566. The molecule has 2 heterocycles. The van der Waals surface area contributed by atoms with Crippen LogP contribution in [0.2, 0.25) is 0 Å². The van der Waals surface area contributed by atoms with Gasteiger partial charge in [-0.05, 0) is 19.1 Å². The van der Waals surface area contributed by atoms with Gasteiger partial charge in [-0.2, -0.15) is 5.10 Å². The summed E-state index contributed by atoms with van der Waals surface area (Å²) < 4.78 is 0. The lowest BCUT2D eigenvalue weighted by Gasteiger charge is -2.17. The zero-order valence-electron chi connectivity index (χ0n) is 10.8. The van der Waals surface area contributed by atoms with Crippen LogP contribution in [-0.2, 0) is 6.54 Å². The van der Waals surface area contributed by atoms with E-state index in [2.05, 4.69) is 20.6 Å². The van der Waals surface area contributed by atoms with E-state index in [9.17, 15) is 4.79 Å². The smallest absolute Gasteiger partial charge is 0.254 e. The van der Waals surface area contributed by atoms with Crippen LogP contribution in [0.4, 0.5) is 5.82 Å². The molecule has 100 valence electrons. The lowest BCUT2D eigenvalue weighted by Crippen LogP contribution is -2.26. The molecule has 2 aromatic rings. The third-order valence-corrected chi connectivity index (χ3v) is 2.67. The largest absolute Gasteiger partial charge is 0.337 e. The van der Waals surface area contributed by atoms with E-state index in [0.29, 0.717) is 17.9 Å². The van der Waals surface area contributed by atoms with Gasteiger partial charge in [-0.1, -0.05) is 0 Å². The van der Waals surface area contributed by atoms with Gasteiger partial charge in [-0.25, -0.2) is 10.8 Å². The van der Waals surface area contributed by atoms with Gasteiger partial charge in [0.1, 0.15) is 5.82 Å². The number of amides is 1. The Morgan fingerprint density at radius 1 is 1.53 bits per heavy atom. The molecule has 0 bridgehead atoms. The van der Waals surface area contributed by atoms with E-state index in [1.54, 1.807) is 36.5 Å². The number of anilines is 1. The van der Waals surface area contributed by atoms with Gasteiger partial charge in [-0.15, -0.1) is 0 Å². The van der Waals surface area contributed by atoms with Crippen molar-refractivity contribution in [1.82, 2.24) is 20.1 Å². The van der Waals surface area contributed by atoms with E-state index in [1.807, 2.05) is 6.92 Å². The fourth-order valence-corrected chi connectivity index (χ4v) is 1.80. The van der Waals surface area contributed by atoms with E-state index in [0.717, 1.165) is 11.3 Å². The second-order valence-corrected chi connectivity index (χ2v) is 4.29. The maximum Gasteiger partial charge on any atom is 0.254 e. The van der Waals surface area contributed by atoms with Gasteiger partial charge in [0, 0.05) is 36.6 Å². The fourth-order valence-electron chi connectivity index (χ4n) is 1.80. The van der Waals surface area contributed by atoms with Crippen LogP contribution in [0.5, 0.6) is 0 Å². The number of nitrogens with one attached hydrogen (secondary N) is 2. The molecule has 4 N–H and O–H groups in total. The van der Waals surface area contributed by atoms with Crippen LogP contribution in [0.25, 0.3) is 0 Å². The highest BCUT2D eigenvalue weighted by Crippen LogP contribution is 2.12. The molecule has 0 aromatic carbocycles. The third-order valence-electron chi connectivity index (χ3n) is 2.67. The molecule has 0 radical (unpaired) electrons. The highest BCUT2D eigenvalue weighted by Gasteiger charge is 2.14. The average molecular weight is 260 g/mol. The Labute approximate surface area is 110 Å². The molecule has 0 aliphatic heterocycles. The van der Waals surface area contributed by atoms with Crippen molar-refractivity contribution < 1.29 is 4.79 Å². The molecule has 19 heavy (non-hydrogen) atoms. The quantitative estimate of drug-likeness (QED) is 0.554. The molecule has 1 amide bonds. The molecule has 0 spiro atoms. The summed E-state index contributed by atoms with van der Waals surface area (Å²) in [4.78, 5) is 18.0. The van der Waals surface area contributed by atoms with Crippen molar-refractivity contribution in [2.45, 2.75) is 13.5 Å². The van der Waals surface area contributed by atoms with Crippen LogP contribution in [0.1, 0.15) is 21.6 Å². The molecule has 0 unspecified atom stereocenters. The topological polar surface area (TPSA) is 99.9 Å². The van der Waals surface area contributed by atoms with Gasteiger partial charge < -0.3 is 10.3 Å². The van der Waals surface area contributed by atoms with Gasteiger partial charge >= 0.3 is 0 Å². The van der Waals surface area contributed by atoms with Crippen molar-refractivity contribution in [2.75, 3.05) is 12.5 Å². The number of nitrogens with two attached hydrogens (primary N) is 1. The second-order valence-electron chi connectivity index (χ2n) is 4.29. The van der Waals surface area contributed by atoms with E-state index in [1.165, 1.54) is 0 Å². The summed E-state index contributed by atoms with van der Waals surface area (Å²) in [6, 6.07) is 3.36. The molecule has 7 nitrogen and oxygen atoms in total. The number of H-pyrrole nitrogens is 1. The van der Waals surface area contributed by atoms with Gasteiger partial charge in [0.05, 0.1) is 6.20 Å². The normalized spacial score (nSPS) is 10.3. The van der Waals surface area contributed by atoms with Crippen molar-refractivity contribution in [3.8, 4) is 0 Å². The summed E-state index contributed by atoms with van der Waals surface area (Å²) in [6.45, 7) is 2.30. The number of pyridine rings is 1. The lowest BCUT2D eigenvalue weighted by molar-refractivity contribution is 0.0785. The van der Waals surface area contributed by atoms with Crippen molar-refractivity contribution in [1.29, 1.82) is 0 Å². The third kappa shape index (κ3) is 3.08. The highest BCUT2D eigenvalue weighted by molar-refractivity contribution is 5.94. The Kier molecular flexibility index (Phi) is 3.76. The van der Waals surface area contributed by atoms with Gasteiger partial charge in [0.2, 0.25) is 0 Å². The van der Waals surface area contributed by atoms with Gasteiger partial charge in [0.25, 0.3) is 5.91 Å². The van der Waals surface area contributed by atoms with Crippen molar-refractivity contribution >= 4 is 11.7 Å². The molecule has 0 aliphatic carbocycles. The average Bonchev–Trinajstić information content (AvgIpc) is 2.89. The van der Waals surface area contributed by atoms with E-state index >= 15 is 0 Å². The Balaban J connectivity index is 2.16. The predicted octanol–water partition coefficient (Wildman–Crippen LogP) is 0.671. The van der Waals surface area contributed by atoms with Crippen LogP contribution < -0.4 is 11.3 Å². The first kappa shape index (κ1) is 13.0. The minimum atomic E-state index is -0.0943. The van der Waals surface area contributed by atoms with E-state index in [4.69, 9.17) is 5.84 Å². The molecule has 0 fully saturated rings. The molecular formula is C12H16N6O. The molecule has 0 aliphatic rings. The Morgan fingerprint density at radius 2 is 2.32 bits per heavy atom. The summed E-state index contributed by atoms with van der Waals surface area (Å²) in [5.41, 5.74) is 4.67. The van der Waals surface area contributed by atoms with Crippen LogP contribution in [0.3, 0.4) is 0 Å². The van der Waals surface area contributed by atoms with Crippen molar-refractivity contribution in [3.63, 3.8) is 0 Å². The highest BCUT2D eigenvalue weighted by atomic mass is 16.2. The van der Waals surface area contributed by atoms with Crippen LogP contribution in [0.15, 0.2) is 24.5 Å². The maximum atomic E-state index is 12.3. The van der Waals surface area contributed by atoms with Crippen LogP contribution >= 0.6 is 0 Å². The SMILES string of the molecule is Cc1cc(C(=O)N(C)Cc2cn[nH]c2)cc(NN)n1. The minimum absolute atomic E-state index is 0.0943. The molecule has 2 aromatic heterocycles. The Hall–Kier alpha value is -2.41. The number of nitrogens with zero attached hydrogens (tertiary/aromatic N) is 3. The predicted molar refractivity (Wildman–Crippen MR) is 71.2 cm³/mol. The summed E-state index contributed by atoms with van der Waals surface area (Å²) in [7, 11) is 1.74. The zero-order chi connectivity index (χ0) is 13.8. The summed E-state index contributed by atoms with van der Waals surface area (Å²) in [5.74, 6) is 5.70. The van der Waals surface area contributed by atoms with Gasteiger partial charge in [-0.3, -0.25) is 9.89 Å². The van der Waals surface area contributed by atoms with Crippen molar-refractivity contribution in [3.05, 3.63) is 41.3 Å². The number of nitrogen functional groups attached to an aromatic ring is 1. The molecule has 7 heteroatoms. The zero-order valence-corrected chi connectivity index (χ0v) is 10.8. The molecule has 2 rings (SSSR count). The fraction of sp³-hybridized carbons (Fsp3) is 0.250. The number of aromatic nitrogens is 3. The summed E-state index contributed by atoms with van der Waals surface area (Å²) in [6.07, 6.45) is 3.45. The summed E-state index contributed by atoms with van der Waals surface area (Å²) in [5, 5.41) is 6.57. The minimum Gasteiger partial charge on any atom is -0.337 e.